The molecule has 1 fully saturated rings. The van der Waals surface area contributed by atoms with E-state index >= 15 is 0 Å². The summed E-state index contributed by atoms with van der Waals surface area (Å²) in [6.07, 6.45) is 1.75. The number of aromatic nitrogens is 2. The number of hydrogen-bond acceptors (Lipinski definition) is 5. The Morgan fingerprint density at radius 3 is 2.26 bits per heavy atom. The molecule has 3 aromatic carbocycles. The second-order valence-corrected chi connectivity index (χ2v) is 10.4. The molecule has 5 rings (SSSR count). The zero-order valence-corrected chi connectivity index (χ0v) is 20.0. The Morgan fingerprint density at radius 1 is 0.914 bits per heavy atom. The maximum Gasteiger partial charge on any atom is 0.265 e. The van der Waals surface area contributed by atoms with Crippen LogP contribution in [0.2, 0.25) is 0 Å². The van der Waals surface area contributed by atoms with E-state index in [2.05, 4.69) is 10.3 Å². The van der Waals surface area contributed by atoms with Gasteiger partial charge in [-0.2, -0.15) is 4.31 Å². The highest BCUT2D eigenvalue weighted by Gasteiger charge is 2.27. The minimum Gasteiger partial charge on any atom is -0.322 e. The van der Waals surface area contributed by atoms with Gasteiger partial charge in [0.05, 0.1) is 21.5 Å². The number of para-hydroxylation sites is 1. The van der Waals surface area contributed by atoms with Crippen molar-refractivity contribution in [2.24, 2.45) is 0 Å². The molecule has 8 nitrogen and oxygen atoms in total. The van der Waals surface area contributed by atoms with Crippen LogP contribution in [0.5, 0.6) is 0 Å². The fourth-order valence-electron chi connectivity index (χ4n) is 4.30. The number of sulfonamides is 1. The molecule has 0 atom stereocenters. The molecule has 1 aliphatic rings. The van der Waals surface area contributed by atoms with Crippen molar-refractivity contribution in [3.05, 3.63) is 94.5 Å². The highest BCUT2D eigenvalue weighted by molar-refractivity contribution is 7.89. The van der Waals surface area contributed by atoms with Gasteiger partial charge in [-0.25, -0.2) is 13.4 Å². The molecule has 0 spiro atoms. The number of anilines is 1. The largest absolute Gasteiger partial charge is 0.322 e. The fourth-order valence-corrected chi connectivity index (χ4v) is 5.82. The smallest absolute Gasteiger partial charge is 0.265 e. The Hall–Kier alpha value is -3.82. The molecule has 0 aliphatic carbocycles. The number of carbonyl (C=O) groups excluding carboxylic acids is 1. The Morgan fingerprint density at radius 2 is 1.57 bits per heavy atom. The van der Waals surface area contributed by atoms with Gasteiger partial charge >= 0.3 is 0 Å². The highest BCUT2D eigenvalue weighted by atomic mass is 32.2. The number of benzene rings is 3. The van der Waals surface area contributed by atoms with Gasteiger partial charge in [-0.1, -0.05) is 12.1 Å². The molecule has 1 aliphatic heterocycles. The Balaban J connectivity index is 1.34. The van der Waals surface area contributed by atoms with Crippen LogP contribution in [0.1, 0.15) is 29.0 Å². The average Bonchev–Trinajstić information content (AvgIpc) is 3.41. The molecule has 0 bridgehead atoms. The average molecular weight is 489 g/mol. The molecule has 0 saturated carbocycles. The van der Waals surface area contributed by atoms with Crippen molar-refractivity contribution in [2.75, 3.05) is 18.4 Å². The third-order valence-electron chi connectivity index (χ3n) is 6.15. The number of aryl methyl sites for hydroxylation is 1. The lowest BCUT2D eigenvalue weighted by atomic mass is 10.1. The van der Waals surface area contributed by atoms with Crippen molar-refractivity contribution >= 4 is 32.5 Å². The molecule has 0 unspecified atom stereocenters. The van der Waals surface area contributed by atoms with E-state index in [1.54, 1.807) is 61.5 Å². The highest BCUT2D eigenvalue weighted by Crippen LogP contribution is 2.22. The first kappa shape index (κ1) is 22.9. The Bertz CT molecular complexity index is 1570. The third kappa shape index (κ3) is 4.36. The van der Waals surface area contributed by atoms with E-state index in [0.29, 0.717) is 46.8 Å². The molecule has 1 saturated heterocycles. The number of rotatable bonds is 5. The fraction of sp³-hybridized carbons (Fsp3) is 0.192. The molecule has 1 N–H and O–H groups in total. The lowest BCUT2D eigenvalue weighted by Crippen LogP contribution is -2.27. The SMILES string of the molecule is Cc1nc2ccccc2c(=O)n1-c1ccc(C(=O)Nc2ccc(S(=O)(=O)N3CCCC3)cc2)cc1. The molecule has 178 valence electrons. The molecule has 2 heterocycles. The first-order valence-corrected chi connectivity index (χ1v) is 12.8. The summed E-state index contributed by atoms with van der Waals surface area (Å²) in [5, 5.41) is 3.31. The third-order valence-corrected chi connectivity index (χ3v) is 8.06. The van der Waals surface area contributed by atoms with Crippen LogP contribution in [0.4, 0.5) is 5.69 Å². The van der Waals surface area contributed by atoms with Gasteiger partial charge in [0.25, 0.3) is 11.5 Å². The summed E-state index contributed by atoms with van der Waals surface area (Å²) in [6.45, 7) is 2.84. The number of carbonyl (C=O) groups is 1. The zero-order chi connectivity index (χ0) is 24.6. The van der Waals surface area contributed by atoms with Gasteiger partial charge in [-0.15, -0.1) is 0 Å². The molecule has 1 aromatic heterocycles. The van der Waals surface area contributed by atoms with Gasteiger partial charge in [-0.3, -0.25) is 14.2 Å². The van der Waals surface area contributed by atoms with Crippen molar-refractivity contribution < 1.29 is 13.2 Å². The van der Waals surface area contributed by atoms with Crippen LogP contribution in [0.3, 0.4) is 0 Å². The molecule has 35 heavy (non-hydrogen) atoms. The van der Waals surface area contributed by atoms with Crippen LogP contribution in [0, 0.1) is 6.92 Å². The van der Waals surface area contributed by atoms with E-state index in [4.69, 9.17) is 0 Å². The second-order valence-electron chi connectivity index (χ2n) is 8.45. The quantitative estimate of drug-likeness (QED) is 0.461. The van der Waals surface area contributed by atoms with Crippen molar-refractivity contribution in [3.63, 3.8) is 0 Å². The van der Waals surface area contributed by atoms with Crippen LogP contribution in [0.15, 0.2) is 82.5 Å². The Kier molecular flexibility index (Phi) is 5.96. The maximum absolute atomic E-state index is 13.0. The number of hydrogen-bond donors (Lipinski definition) is 1. The van der Waals surface area contributed by atoms with Gasteiger partial charge < -0.3 is 5.32 Å². The first-order chi connectivity index (χ1) is 16.8. The summed E-state index contributed by atoms with van der Waals surface area (Å²) in [4.78, 5) is 30.5. The van der Waals surface area contributed by atoms with Gasteiger partial charge in [0, 0.05) is 24.3 Å². The van der Waals surface area contributed by atoms with Crippen molar-refractivity contribution in [1.82, 2.24) is 13.9 Å². The summed E-state index contributed by atoms with van der Waals surface area (Å²) >= 11 is 0. The van der Waals surface area contributed by atoms with E-state index in [-0.39, 0.29) is 16.4 Å². The topological polar surface area (TPSA) is 101 Å². The van der Waals surface area contributed by atoms with Gasteiger partial charge in [0.2, 0.25) is 10.0 Å². The minimum absolute atomic E-state index is 0.172. The standard InChI is InChI=1S/C26H24N4O4S/c1-18-27-24-7-3-2-6-23(24)26(32)30(18)21-12-8-19(9-13-21)25(31)28-20-10-14-22(15-11-20)35(33,34)29-16-4-5-17-29/h2-3,6-15H,4-5,16-17H2,1H3,(H,28,31). The van der Waals surface area contributed by atoms with E-state index in [0.717, 1.165) is 12.8 Å². The predicted molar refractivity (Wildman–Crippen MR) is 134 cm³/mol. The van der Waals surface area contributed by atoms with Gasteiger partial charge in [0.15, 0.2) is 0 Å². The van der Waals surface area contributed by atoms with Crippen LogP contribution in [0.25, 0.3) is 16.6 Å². The summed E-state index contributed by atoms with van der Waals surface area (Å²) in [6, 6.07) is 20.0. The van der Waals surface area contributed by atoms with Gasteiger partial charge in [0.1, 0.15) is 5.82 Å². The lowest BCUT2D eigenvalue weighted by Gasteiger charge is -2.15. The van der Waals surface area contributed by atoms with Crippen LogP contribution >= 0.6 is 0 Å². The predicted octanol–water partition coefficient (Wildman–Crippen LogP) is 3.73. The molecule has 4 aromatic rings. The minimum atomic E-state index is -3.50. The van der Waals surface area contributed by atoms with E-state index in [9.17, 15) is 18.0 Å². The van der Waals surface area contributed by atoms with E-state index in [1.807, 2.05) is 6.07 Å². The van der Waals surface area contributed by atoms with Crippen molar-refractivity contribution in [1.29, 1.82) is 0 Å². The van der Waals surface area contributed by atoms with Gasteiger partial charge in [-0.05, 0) is 80.4 Å². The number of fused-ring (bicyclic) bond motifs is 1. The summed E-state index contributed by atoms with van der Waals surface area (Å²) < 4.78 is 28.3. The number of nitrogens with one attached hydrogen (secondary N) is 1. The zero-order valence-electron chi connectivity index (χ0n) is 19.1. The van der Waals surface area contributed by atoms with Crippen LogP contribution in [-0.4, -0.2) is 41.3 Å². The Labute approximate surface area is 202 Å². The molecular weight excluding hydrogens is 464 g/mol. The van der Waals surface area contributed by atoms with E-state index in [1.165, 1.54) is 21.0 Å². The maximum atomic E-state index is 13.0. The summed E-state index contributed by atoms with van der Waals surface area (Å²) in [5.41, 5.74) is 1.97. The number of amides is 1. The molecule has 1 amide bonds. The monoisotopic (exact) mass is 488 g/mol. The van der Waals surface area contributed by atoms with Crippen molar-refractivity contribution in [2.45, 2.75) is 24.7 Å². The lowest BCUT2D eigenvalue weighted by molar-refractivity contribution is 0.102. The van der Waals surface area contributed by atoms with Crippen LogP contribution < -0.4 is 10.9 Å². The normalized spacial score (nSPS) is 14.3. The van der Waals surface area contributed by atoms with Crippen LogP contribution in [-0.2, 0) is 10.0 Å². The summed E-state index contributed by atoms with van der Waals surface area (Å²) in [7, 11) is -3.50. The molecule has 9 heteroatoms. The van der Waals surface area contributed by atoms with E-state index < -0.39 is 10.0 Å². The first-order valence-electron chi connectivity index (χ1n) is 11.3. The molecule has 0 radical (unpaired) electrons. The summed E-state index contributed by atoms with van der Waals surface area (Å²) in [5.74, 6) is 0.210. The second kappa shape index (κ2) is 9.09. The molecular formula is C26H24N4O4S. The number of nitrogens with zero attached hydrogens (tertiary/aromatic N) is 3. The van der Waals surface area contributed by atoms with Crippen molar-refractivity contribution in [3.8, 4) is 5.69 Å².